The highest BCUT2D eigenvalue weighted by molar-refractivity contribution is 5.14. The van der Waals surface area contributed by atoms with Crippen LogP contribution in [-0.2, 0) is 0 Å². The van der Waals surface area contributed by atoms with Crippen molar-refractivity contribution in [2.45, 2.75) is 63.3 Å². The van der Waals surface area contributed by atoms with Gasteiger partial charge in [-0.15, -0.1) is 0 Å². The van der Waals surface area contributed by atoms with Crippen LogP contribution in [0.5, 0.6) is 0 Å². The predicted octanol–water partition coefficient (Wildman–Crippen LogP) is 3.24. The zero-order valence-electron chi connectivity index (χ0n) is 11.3. The maximum atomic E-state index is 9.34. The van der Waals surface area contributed by atoms with Crippen LogP contribution in [0, 0.1) is 34.5 Å². The summed E-state index contributed by atoms with van der Waals surface area (Å²) in [5.41, 5.74) is 0.442. The standard InChI is InChI=1S/C16H24N2/c17-10-16(2-1-3-16)18-11-15-7-12-4-13(8-15)6-14(5-12)9-15/h12-14,18H,1-9,11H2. The molecule has 18 heavy (non-hydrogen) atoms. The first-order chi connectivity index (χ1) is 8.71. The Morgan fingerprint density at radius 1 is 1.00 bits per heavy atom. The first-order valence-corrected chi connectivity index (χ1v) is 7.87. The Labute approximate surface area is 110 Å². The summed E-state index contributed by atoms with van der Waals surface area (Å²) in [5, 5.41) is 13.0. The van der Waals surface area contributed by atoms with Gasteiger partial charge < -0.3 is 0 Å². The van der Waals surface area contributed by atoms with Gasteiger partial charge in [0.1, 0.15) is 5.54 Å². The quantitative estimate of drug-likeness (QED) is 0.827. The monoisotopic (exact) mass is 244 g/mol. The van der Waals surface area contributed by atoms with E-state index in [4.69, 9.17) is 0 Å². The van der Waals surface area contributed by atoms with Gasteiger partial charge >= 0.3 is 0 Å². The Balaban J connectivity index is 1.46. The largest absolute Gasteiger partial charge is 0.299 e. The number of hydrogen-bond acceptors (Lipinski definition) is 2. The van der Waals surface area contributed by atoms with Crippen LogP contribution < -0.4 is 5.32 Å². The molecule has 5 fully saturated rings. The van der Waals surface area contributed by atoms with Gasteiger partial charge in [0.2, 0.25) is 0 Å². The molecule has 0 atom stereocenters. The number of rotatable bonds is 3. The highest BCUT2D eigenvalue weighted by atomic mass is 15.0. The fourth-order valence-corrected chi connectivity index (χ4v) is 5.72. The molecule has 98 valence electrons. The lowest BCUT2D eigenvalue weighted by Gasteiger charge is -2.57. The van der Waals surface area contributed by atoms with Crippen molar-refractivity contribution in [3.63, 3.8) is 0 Å². The third-order valence-corrected chi connectivity index (χ3v) is 6.39. The molecule has 0 spiro atoms. The lowest BCUT2D eigenvalue weighted by Crippen LogP contribution is -2.57. The average Bonchev–Trinajstić information content (AvgIpc) is 2.26. The van der Waals surface area contributed by atoms with Crippen LogP contribution >= 0.6 is 0 Å². The van der Waals surface area contributed by atoms with E-state index in [1.54, 1.807) is 0 Å². The molecular weight excluding hydrogens is 220 g/mol. The Bertz CT molecular complexity index is 353. The van der Waals surface area contributed by atoms with Gasteiger partial charge in [-0.1, -0.05) is 0 Å². The predicted molar refractivity (Wildman–Crippen MR) is 70.8 cm³/mol. The molecule has 0 unspecified atom stereocenters. The fraction of sp³-hybridized carbons (Fsp3) is 0.938. The van der Waals surface area contributed by atoms with Gasteiger partial charge in [0, 0.05) is 6.54 Å². The molecule has 5 saturated carbocycles. The molecule has 0 aromatic heterocycles. The van der Waals surface area contributed by atoms with Crippen LogP contribution in [0.1, 0.15) is 57.8 Å². The Hall–Kier alpha value is -0.550. The summed E-state index contributed by atoms with van der Waals surface area (Å²) >= 11 is 0. The van der Waals surface area contributed by atoms with Crippen LogP contribution in [0.25, 0.3) is 0 Å². The first-order valence-electron chi connectivity index (χ1n) is 7.87. The summed E-state index contributed by atoms with van der Waals surface area (Å²) < 4.78 is 0. The molecule has 0 radical (unpaired) electrons. The fourth-order valence-electron chi connectivity index (χ4n) is 5.72. The number of nitrogens with one attached hydrogen (secondary N) is 1. The molecule has 0 aliphatic heterocycles. The average molecular weight is 244 g/mol. The first kappa shape index (κ1) is 11.3. The minimum Gasteiger partial charge on any atom is -0.299 e. The van der Waals surface area contributed by atoms with Crippen molar-refractivity contribution >= 4 is 0 Å². The van der Waals surface area contributed by atoms with E-state index in [1.807, 2.05) is 0 Å². The zero-order valence-corrected chi connectivity index (χ0v) is 11.3. The second-order valence-corrected chi connectivity index (χ2v) is 7.82. The minimum atomic E-state index is -0.136. The van der Waals surface area contributed by atoms with E-state index in [9.17, 15) is 5.26 Å². The normalized spacial score (nSPS) is 47.6. The molecule has 0 aromatic rings. The van der Waals surface area contributed by atoms with E-state index in [0.717, 1.165) is 37.1 Å². The van der Waals surface area contributed by atoms with E-state index in [1.165, 1.54) is 44.9 Å². The highest BCUT2D eigenvalue weighted by Crippen LogP contribution is 2.59. The van der Waals surface area contributed by atoms with E-state index >= 15 is 0 Å². The zero-order chi connectivity index (χ0) is 12.2. The molecule has 0 aromatic carbocycles. The molecule has 0 saturated heterocycles. The van der Waals surface area contributed by atoms with Gasteiger partial charge in [0.05, 0.1) is 6.07 Å². The Morgan fingerprint density at radius 2 is 1.56 bits per heavy atom. The molecule has 4 bridgehead atoms. The second-order valence-electron chi connectivity index (χ2n) is 7.82. The lowest BCUT2D eigenvalue weighted by atomic mass is 9.49. The molecule has 5 aliphatic carbocycles. The summed E-state index contributed by atoms with van der Waals surface area (Å²) in [5.74, 6) is 3.08. The van der Waals surface area contributed by atoms with Crippen LogP contribution in [0.2, 0.25) is 0 Å². The van der Waals surface area contributed by atoms with Crippen LogP contribution in [0.15, 0.2) is 0 Å². The summed E-state index contributed by atoms with van der Waals surface area (Å²) in [6.45, 7) is 1.13. The van der Waals surface area contributed by atoms with E-state index in [0.29, 0.717) is 5.41 Å². The maximum absolute atomic E-state index is 9.34. The molecule has 0 amide bonds. The van der Waals surface area contributed by atoms with Crippen molar-refractivity contribution in [1.29, 1.82) is 5.26 Å². The summed E-state index contributed by atoms with van der Waals surface area (Å²) in [7, 11) is 0. The van der Waals surface area contributed by atoms with Crippen molar-refractivity contribution in [1.82, 2.24) is 5.32 Å². The van der Waals surface area contributed by atoms with Crippen molar-refractivity contribution in [3.05, 3.63) is 0 Å². The van der Waals surface area contributed by atoms with Gasteiger partial charge in [-0.25, -0.2) is 0 Å². The molecule has 2 nitrogen and oxygen atoms in total. The molecule has 0 heterocycles. The molecule has 5 aliphatic rings. The van der Waals surface area contributed by atoms with Gasteiger partial charge in [-0.2, -0.15) is 5.26 Å². The van der Waals surface area contributed by atoms with E-state index in [2.05, 4.69) is 11.4 Å². The topological polar surface area (TPSA) is 35.8 Å². The van der Waals surface area contributed by atoms with Gasteiger partial charge in [-0.3, -0.25) is 5.32 Å². The number of hydrogen-bond donors (Lipinski definition) is 1. The van der Waals surface area contributed by atoms with Gasteiger partial charge in [0.25, 0.3) is 0 Å². The van der Waals surface area contributed by atoms with Crippen molar-refractivity contribution in [2.75, 3.05) is 6.54 Å². The Morgan fingerprint density at radius 3 is 1.94 bits per heavy atom. The third-order valence-electron chi connectivity index (χ3n) is 6.39. The van der Waals surface area contributed by atoms with Crippen LogP contribution in [0.4, 0.5) is 0 Å². The smallest absolute Gasteiger partial charge is 0.106 e. The second kappa shape index (κ2) is 3.73. The summed E-state index contributed by atoms with van der Waals surface area (Å²) in [6, 6.07) is 2.54. The molecule has 2 heteroatoms. The van der Waals surface area contributed by atoms with Gasteiger partial charge in [0.15, 0.2) is 0 Å². The molecule has 5 rings (SSSR count). The summed E-state index contributed by atoms with van der Waals surface area (Å²) in [4.78, 5) is 0. The minimum absolute atomic E-state index is 0.136. The summed E-state index contributed by atoms with van der Waals surface area (Å²) in [6.07, 6.45) is 12.3. The van der Waals surface area contributed by atoms with E-state index in [-0.39, 0.29) is 5.54 Å². The number of nitrogens with zero attached hydrogens (tertiary/aromatic N) is 1. The Kier molecular flexibility index (Phi) is 2.34. The van der Waals surface area contributed by atoms with Crippen LogP contribution in [-0.4, -0.2) is 12.1 Å². The van der Waals surface area contributed by atoms with Crippen molar-refractivity contribution in [3.8, 4) is 6.07 Å². The lowest BCUT2D eigenvalue weighted by molar-refractivity contribution is -0.0553. The third kappa shape index (κ3) is 1.63. The van der Waals surface area contributed by atoms with Crippen LogP contribution in [0.3, 0.4) is 0 Å². The molecule has 1 N–H and O–H groups in total. The van der Waals surface area contributed by atoms with Crippen molar-refractivity contribution in [2.24, 2.45) is 23.2 Å². The highest BCUT2D eigenvalue weighted by Gasteiger charge is 2.51. The van der Waals surface area contributed by atoms with Gasteiger partial charge in [-0.05, 0) is 81.0 Å². The maximum Gasteiger partial charge on any atom is 0.106 e. The number of nitriles is 1. The van der Waals surface area contributed by atoms with E-state index < -0.39 is 0 Å². The van der Waals surface area contributed by atoms with Crippen molar-refractivity contribution < 1.29 is 0 Å². The SMILES string of the molecule is N#CC1(NCC23CC4CC(CC(C4)C2)C3)CCC1. The molecular formula is C16H24N2.